The molecule has 3 rings (SSSR count). The van der Waals surface area contributed by atoms with E-state index in [-0.39, 0.29) is 24.9 Å². The van der Waals surface area contributed by atoms with Crippen molar-refractivity contribution in [1.82, 2.24) is 20.0 Å². The molecule has 1 N–H and O–H groups in total. The van der Waals surface area contributed by atoms with Crippen molar-refractivity contribution in [2.45, 2.75) is 57.0 Å². The van der Waals surface area contributed by atoms with Gasteiger partial charge in [-0.25, -0.2) is 13.6 Å². The van der Waals surface area contributed by atoms with Crippen LogP contribution in [0.25, 0.3) is 0 Å². The second-order valence-corrected chi connectivity index (χ2v) is 6.34. The number of aryl methyl sites for hydroxylation is 1. The third-order valence-corrected chi connectivity index (χ3v) is 4.68. The predicted molar refractivity (Wildman–Crippen MR) is 77.7 cm³/mol. The summed E-state index contributed by atoms with van der Waals surface area (Å²) in [6, 6.07) is -0.282. The number of fused-ring (bicyclic) bond motifs is 1. The van der Waals surface area contributed by atoms with E-state index >= 15 is 0 Å². The molecule has 0 aromatic carbocycles. The van der Waals surface area contributed by atoms with Crippen molar-refractivity contribution in [3.8, 4) is 0 Å². The van der Waals surface area contributed by atoms with Gasteiger partial charge in [0.1, 0.15) is 0 Å². The monoisotopic (exact) mass is 312 g/mol. The average Bonchev–Trinajstić information content (AvgIpc) is 2.70. The first-order valence-electron chi connectivity index (χ1n) is 7.88. The van der Waals surface area contributed by atoms with E-state index in [1.165, 1.54) is 5.69 Å². The van der Waals surface area contributed by atoms with Gasteiger partial charge in [-0.2, -0.15) is 5.10 Å². The lowest BCUT2D eigenvalue weighted by molar-refractivity contribution is -0.0398. The van der Waals surface area contributed by atoms with Crippen molar-refractivity contribution in [2.24, 2.45) is 7.05 Å². The summed E-state index contributed by atoms with van der Waals surface area (Å²) < 4.78 is 28.2. The molecule has 5 nitrogen and oxygen atoms in total. The Morgan fingerprint density at radius 3 is 2.86 bits per heavy atom. The predicted octanol–water partition coefficient (Wildman–Crippen LogP) is 2.46. The fraction of sp³-hybridized carbons (Fsp3) is 0.733. The Bertz CT molecular complexity index is 548. The minimum atomic E-state index is -2.56. The summed E-state index contributed by atoms with van der Waals surface area (Å²) in [5.41, 5.74) is 2.25. The Morgan fingerprint density at radius 2 is 2.14 bits per heavy atom. The van der Waals surface area contributed by atoms with E-state index in [0.29, 0.717) is 25.9 Å². The van der Waals surface area contributed by atoms with Gasteiger partial charge in [-0.05, 0) is 25.7 Å². The molecule has 2 aliphatic rings. The molecule has 122 valence electrons. The van der Waals surface area contributed by atoms with E-state index in [2.05, 4.69) is 10.4 Å². The second-order valence-electron chi connectivity index (χ2n) is 6.34. The number of hydrogen-bond donors (Lipinski definition) is 1. The van der Waals surface area contributed by atoms with Gasteiger partial charge >= 0.3 is 6.03 Å². The molecule has 1 aromatic rings. The molecular formula is C15H22F2N4O. The minimum Gasteiger partial charge on any atom is -0.335 e. The van der Waals surface area contributed by atoms with E-state index in [0.717, 1.165) is 18.4 Å². The summed E-state index contributed by atoms with van der Waals surface area (Å²) >= 11 is 0. The zero-order valence-corrected chi connectivity index (χ0v) is 12.8. The van der Waals surface area contributed by atoms with Gasteiger partial charge in [0.15, 0.2) is 0 Å². The molecule has 1 fully saturated rings. The van der Waals surface area contributed by atoms with Crippen LogP contribution >= 0.6 is 0 Å². The quantitative estimate of drug-likeness (QED) is 0.866. The van der Waals surface area contributed by atoms with Crippen LogP contribution in [0.4, 0.5) is 13.6 Å². The Kier molecular flexibility index (Phi) is 4.06. The van der Waals surface area contributed by atoms with Gasteiger partial charge in [0.25, 0.3) is 0 Å². The molecule has 0 unspecified atom stereocenters. The fourth-order valence-corrected chi connectivity index (χ4v) is 3.31. The summed E-state index contributed by atoms with van der Waals surface area (Å²) in [5.74, 6) is -2.56. The maximum Gasteiger partial charge on any atom is 0.317 e. The topological polar surface area (TPSA) is 50.2 Å². The van der Waals surface area contributed by atoms with Crippen molar-refractivity contribution in [1.29, 1.82) is 0 Å². The number of alkyl halides is 2. The molecule has 2 amide bonds. The smallest absolute Gasteiger partial charge is 0.317 e. The largest absolute Gasteiger partial charge is 0.335 e. The molecule has 22 heavy (non-hydrogen) atoms. The van der Waals surface area contributed by atoms with E-state index in [9.17, 15) is 13.6 Å². The maximum absolute atomic E-state index is 13.2. The molecule has 0 saturated heterocycles. The van der Waals surface area contributed by atoms with Gasteiger partial charge in [0, 0.05) is 43.7 Å². The van der Waals surface area contributed by atoms with Gasteiger partial charge in [-0.3, -0.25) is 4.68 Å². The van der Waals surface area contributed by atoms with Gasteiger partial charge < -0.3 is 10.2 Å². The number of carbonyl (C=O) groups excluding carboxylic acids is 1. The molecule has 0 atom stereocenters. The lowest BCUT2D eigenvalue weighted by atomic mass is 9.92. The summed E-state index contributed by atoms with van der Waals surface area (Å²) in [4.78, 5) is 14.2. The van der Waals surface area contributed by atoms with Crippen LogP contribution in [0.1, 0.15) is 43.4 Å². The van der Waals surface area contributed by atoms with E-state index in [4.69, 9.17) is 0 Å². The summed E-state index contributed by atoms with van der Waals surface area (Å²) in [7, 11) is 1.91. The molecule has 1 aliphatic heterocycles. The highest BCUT2D eigenvalue weighted by Crippen LogP contribution is 2.33. The van der Waals surface area contributed by atoms with Gasteiger partial charge in [0.05, 0.1) is 12.7 Å². The normalized spacial score (nSPS) is 22.0. The number of urea groups is 1. The number of aromatic nitrogens is 2. The van der Waals surface area contributed by atoms with Gasteiger partial charge in [-0.15, -0.1) is 0 Å². The van der Waals surface area contributed by atoms with Crippen molar-refractivity contribution in [3.63, 3.8) is 0 Å². The summed E-state index contributed by atoms with van der Waals surface area (Å²) in [5, 5.41) is 7.16. The summed E-state index contributed by atoms with van der Waals surface area (Å²) in [6.45, 7) is 1.22. The minimum absolute atomic E-state index is 0.134. The Labute approximate surface area is 128 Å². The highest BCUT2D eigenvalue weighted by molar-refractivity contribution is 5.74. The number of rotatable bonds is 1. The third-order valence-electron chi connectivity index (χ3n) is 4.68. The number of carbonyl (C=O) groups is 1. The molecule has 0 radical (unpaired) electrons. The Balaban J connectivity index is 1.59. The van der Waals surface area contributed by atoms with Gasteiger partial charge in [0.2, 0.25) is 5.92 Å². The number of amides is 2. The first-order valence-corrected chi connectivity index (χ1v) is 7.88. The molecule has 0 bridgehead atoms. The van der Waals surface area contributed by atoms with Gasteiger partial charge in [-0.1, -0.05) is 0 Å². The van der Waals surface area contributed by atoms with Crippen LogP contribution in [-0.4, -0.2) is 39.2 Å². The first kappa shape index (κ1) is 15.2. The molecule has 0 spiro atoms. The van der Waals surface area contributed by atoms with Crippen LogP contribution in [0.15, 0.2) is 6.20 Å². The highest BCUT2D eigenvalue weighted by Gasteiger charge is 2.35. The third kappa shape index (κ3) is 3.23. The van der Waals surface area contributed by atoms with Crippen molar-refractivity contribution in [2.75, 3.05) is 6.54 Å². The molecule has 1 aromatic heterocycles. The Hall–Kier alpha value is -1.66. The molecule has 1 saturated carbocycles. The van der Waals surface area contributed by atoms with Crippen molar-refractivity contribution in [3.05, 3.63) is 17.5 Å². The number of nitrogens with one attached hydrogen (secondary N) is 1. The Morgan fingerprint density at radius 1 is 1.41 bits per heavy atom. The highest BCUT2D eigenvalue weighted by atomic mass is 19.3. The molecule has 2 heterocycles. The van der Waals surface area contributed by atoms with E-state index in [1.54, 1.807) is 4.90 Å². The fourth-order valence-electron chi connectivity index (χ4n) is 3.31. The average molecular weight is 312 g/mol. The van der Waals surface area contributed by atoms with Crippen LogP contribution in [0, 0.1) is 0 Å². The van der Waals surface area contributed by atoms with Crippen LogP contribution < -0.4 is 5.32 Å². The van der Waals surface area contributed by atoms with Crippen LogP contribution in [-0.2, 0) is 20.0 Å². The van der Waals surface area contributed by atoms with Crippen LogP contribution in [0.3, 0.4) is 0 Å². The second kappa shape index (κ2) is 5.85. The number of halogens is 2. The maximum atomic E-state index is 13.2. The lowest BCUT2D eigenvalue weighted by Crippen LogP contribution is -2.46. The molecule has 1 aliphatic carbocycles. The van der Waals surface area contributed by atoms with Crippen molar-refractivity contribution >= 4 is 6.03 Å². The zero-order chi connectivity index (χ0) is 15.7. The standard InChI is InChI=1S/C15H22F2N4O/c1-20-13-3-2-8-21(10-11(13)9-18-20)14(22)19-12-4-6-15(16,17)7-5-12/h9,12H,2-8,10H2,1H3,(H,19,22). The number of hydrogen-bond acceptors (Lipinski definition) is 2. The van der Waals surface area contributed by atoms with E-state index < -0.39 is 5.92 Å². The first-order chi connectivity index (χ1) is 10.4. The van der Waals surface area contributed by atoms with Crippen LogP contribution in [0.2, 0.25) is 0 Å². The van der Waals surface area contributed by atoms with E-state index in [1.807, 2.05) is 17.9 Å². The number of nitrogens with zero attached hydrogens (tertiary/aromatic N) is 3. The molecular weight excluding hydrogens is 290 g/mol. The molecule has 7 heteroatoms. The zero-order valence-electron chi connectivity index (χ0n) is 12.8. The summed E-state index contributed by atoms with van der Waals surface area (Å²) in [6.07, 6.45) is 4.04. The van der Waals surface area contributed by atoms with Crippen LogP contribution in [0.5, 0.6) is 0 Å². The lowest BCUT2D eigenvalue weighted by Gasteiger charge is -2.31. The SMILES string of the molecule is Cn1ncc2c1CCCN(C(=O)NC1CCC(F)(F)CC1)C2. The van der Waals surface area contributed by atoms with Crippen molar-refractivity contribution < 1.29 is 13.6 Å².